The second kappa shape index (κ2) is 10.0. The predicted molar refractivity (Wildman–Crippen MR) is 133 cm³/mol. The molecule has 4 rings (SSSR count). The van der Waals surface area contributed by atoms with Crippen LogP contribution in [0.3, 0.4) is 0 Å². The molecule has 0 saturated carbocycles. The van der Waals surface area contributed by atoms with Crippen molar-refractivity contribution in [3.05, 3.63) is 59.2 Å². The lowest BCUT2D eigenvalue weighted by atomic mass is 9.99. The third-order valence-corrected chi connectivity index (χ3v) is 10.1. The summed E-state index contributed by atoms with van der Waals surface area (Å²) in [7, 11) is -7.54. The van der Waals surface area contributed by atoms with Crippen molar-refractivity contribution in [1.29, 1.82) is 0 Å². The topological polar surface area (TPSA) is 138 Å². The number of carbonyl (C=O) groups is 1. The summed E-state index contributed by atoms with van der Waals surface area (Å²) in [6.07, 6.45) is 1.14. The van der Waals surface area contributed by atoms with E-state index in [2.05, 4.69) is 20.0 Å². The molecule has 1 aromatic carbocycles. The fraction of sp³-hybridized carbons (Fsp3) is 0.318. The van der Waals surface area contributed by atoms with E-state index >= 15 is 0 Å². The van der Waals surface area contributed by atoms with Crippen molar-refractivity contribution < 1.29 is 21.6 Å². The molecule has 1 fully saturated rings. The second-order valence-electron chi connectivity index (χ2n) is 8.23. The van der Waals surface area contributed by atoms with Gasteiger partial charge in [-0.1, -0.05) is 6.07 Å². The van der Waals surface area contributed by atoms with Gasteiger partial charge in [-0.05, 0) is 68.5 Å². The molecule has 0 radical (unpaired) electrons. The minimum absolute atomic E-state index is 0.0101. The number of benzene rings is 1. The molecule has 35 heavy (non-hydrogen) atoms. The largest absolute Gasteiger partial charge is 0.326 e. The molecule has 186 valence electrons. The number of hydrogen-bond donors (Lipinski definition) is 2. The molecule has 3 heterocycles. The summed E-state index contributed by atoms with van der Waals surface area (Å²) < 4.78 is 55.0. The molecule has 1 aliphatic rings. The van der Waals surface area contributed by atoms with Crippen LogP contribution in [0.5, 0.6) is 0 Å². The third kappa shape index (κ3) is 5.86. The van der Waals surface area contributed by atoms with Gasteiger partial charge in [0.15, 0.2) is 0 Å². The highest BCUT2D eigenvalue weighted by molar-refractivity contribution is 7.92. The lowest BCUT2D eigenvalue weighted by molar-refractivity contribution is -0.120. The average Bonchev–Trinajstić information content (AvgIpc) is 3.34. The van der Waals surface area contributed by atoms with Crippen LogP contribution in [0.2, 0.25) is 0 Å². The van der Waals surface area contributed by atoms with Gasteiger partial charge < -0.3 is 5.32 Å². The third-order valence-electron chi connectivity index (χ3n) is 5.48. The van der Waals surface area contributed by atoms with Crippen LogP contribution in [0.25, 0.3) is 0 Å². The first kappa shape index (κ1) is 25.2. The summed E-state index contributed by atoms with van der Waals surface area (Å²) >= 11 is 1.15. The quantitative estimate of drug-likeness (QED) is 0.474. The molecule has 3 aromatic rings. The Morgan fingerprint density at radius 3 is 2.37 bits per heavy atom. The van der Waals surface area contributed by atoms with Gasteiger partial charge in [-0.15, -0.1) is 11.3 Å². The van der Waals surface area contributed by atoms with Gasteiger partial charge >= 0.3 is 0 Å². The Morgan fingerprint density at radius 2 is 1.74 bits per heavy atom. The number of aryl methyl sites for hydroxylation is 2. The number of amides is 1. The van der Waals surface area contributed by atoms with Gasteiger partial charge in [0.2, 0.25) is 11.9 Å². The number of thiophene rings is 1. The Balaban J connectivity index is 1.41. The van der Waals surface area contributed by atoms with Gasteiger partial charge in [0.25, 0.3) is 20.0 Å². The molecular weight excluding hydrogens is 510 g/mol. The summed E-state index contributed by atoms with van der Waals surface area (Å²) in [6, 6.07) is 10.7. The number of rotatable bonds is 7. The molecule has 2 N–H and O–H groups in total. The Bertz CT molecular complexity index is 1400. The van der Waals surface area contributed by atoms with E-state index in [0.717, 1.165) is 11.3 Å². The van der Waals surface area contributed by atoms with Gasteiger partial charge in [0.05, 0.1) is 10.8 Å². The molecule has 0 unspecified atom stereocenters. The van der Waals surface area contributed by atoms with Crippen molar-refractivity contribution in [2.75, 3.05) is 23.1 Å². The summed E-state index contributed by atoms with van der Waals surface area (Å²) in [5.41, 5.74) is 1.69. The summed E-state index contributed by atoms with van der Waals surface area (Å²) in [5, 5.41) is 4.47. The van der Waals surface area contributed by atoms with E-state index in [1.165, 1.54) is 28.6 Å². The minimum atomic E-state index is -3.92. The summed E-state index contributed by atoms with van der Waals surface area (Å²) in [5.74, 6) is -0.835. The highest BCUT2D eigenvalue weighted by Crippen LogP contribution is 2.27. The standard InChI is InChI=1S/C22H25N5O5S3/c1-15-13-16(2)24-22(23-15)26-34(29,30)19-9-7-18(8-10-19)25-21(28)17-5-3-11-27(14-17)35(31,32)20-6-4-12-33-20/h4,6-10,12-13,17H,3,5,11,14H2,1-2H3,(H,25,28)(H,23,24,26)/t17-/m1/s1. The number of piperidine rings is 1. The van der Waals surface area contributed by atoms with Crippen molar-refractivity contribution in [3.8, 4) is 0 Å². The lowest BCUT2D eigenvalue weighted by Crippen LogP contribution is -2.43. The lowest BCUT2D eigenvalue weighted by Gasteiger charge is -2.30. The normalized spacial score (nSPS) is 17.1. The van der Waals surface area contributed by atoms with Crippen LogP contribution in [0.15, 0.2) is 56.9 Å². The zero-order chi connectivity index (χ0) is 25.2. The van der Waals surface area contributed by atoms with Crippen LogP contribution in [0.1, 0.15) is 24.2 Å². The molecule has 0 aliphatic carbocycles. The van der Waals surface area contributed by atoms with Gasteiger partial charge in [0, 0.05) is 30.2 Å². The molecule has 1 atom stereocenters. The van der Waals surface area contributed by atoms with Crippen LogP contribution < -0.4 is 10.0 Å². The Labute approximate surface area is 208 Å². The van der Waals surface area contributed by atoms with Gasteiger partial charge in [-0.2, -0.15) is 4.31 Å². The van der Waals surface area contributed by atoms with Crippen molar-refractivity contribution >= 4 is 48.9 Å². The number of anilines is 2. The zero-order valence-electron chi connectivity index (χ0n) is 19.1. The number of nitrogens with zero attached hydrogens (tertiary/aromatic N) is 3. The molecule has 0 spiro atoms. The monoisotopic (exact) mass is 535 g/mol. The molecule has 0 bridgehead atoms. The summed E-state index contributed by atoms with van der Waals surface area (Å²) in [4.78, 5) is 21.0. The maximum Gasteiger partial charge on any atom is 0.264 e. The molecule has 1 amide bonds. The minimum Gasteiger partial charge on any atom is -0.326 e. The van der Waals surface area contributed by atoms with E-state index < -0.39 is 26.0 Å². The van der Waals surface area contributed by atoms with Crippen molar-refractivity contribution in [2.24, 2.45) is 5.92 Å². The molecule has 2 aromatic heterocycles. The van der Waals surface area contributed by atoms with E-state index in [0.29, 0.717) is 36.5 Å². The molecule has 10 nitrogen and oxygen atoms in total. The van der Waals surface area contributed by atoms with Crippen molar-refractivity contribution in [1.82, 2.24) is 14.3 Å². The van der Waals surface area contributed by atoms with E-state index in [-0.39, 0.29) is 27.5 Å². The highest BCUT2D eigenvalue weighted by Gasteiger charge is 2.33. The number of hydrogen-bond acceptors (Lipinski definition) is 8. The molecule has 1 saturated heterocycles. The number of sulfonamides is 2. The molecule has 1 aliphatic heterocycles. The molecule has 13 heteroatoms. The van der Waals surface area contributed by atoms with Crippen LogP contribution in [-0.4, -0.2) is 50.1 Å². The fourth-order valence-corrected chi connectivity index (χ4v) is 7.44. The fourth-order valence-electron chi connectivity index (χ4n) is 3.82. The maximum absolute atomic E-state index is 12.8. The first-order valence-corrected chi connectivity index (χ1v) is 14.6. The first-order chi connectivity index (χ1) is 16.5. The highest BCUT2D eigenvalue weighted by atomic mass is 32.2. The smallest absolute Gasteiger partial charge is 0.264 e. The van der Waals surface area contributed by atoms with E-state index in [1.807, 2.05) is 0 Å². The first-order valence-electron chi connectivity index (χ1n) is 10.8. The predicted octanol–water partition coefficient (Wildman–Crippen LogP) is 3.00. The van der Waals surface area contributed by atoms with Crippen molar-refractivity contribution in [2.45, 2.75) is 35.8 Å². The Hall–Kier alpha value is -2.87. The Kier molecular flexibility index (Phi) is 7.22. The van der Waals surface area contributed by atoms with Crippen molar-refractivity contribution in [3.63, 3.8) is 0 Å². The maximum atomic E-state index is 12.8. The average molecular weight is 536 g/mol. The SMILES string of the molecule is Cc1cc(C)nc(NS(=O)(=O)c2ccc(NC(=O)[C@@H]3CCCN(S(=O)(=O)c4cccs4)C3)cc2)n1. The second-order valence-corrected chi connectivity index (χ2v) is 13.0. The zero-order valence-corrected chi connectivity index (χ0v) is 21.6. The van der Waals surface area contributed by atoms with E-state index in [1.54, 1.807) is 37.4 Å². The number of nitrogens with one attached hydrogen (secondary N) is 2. The van der Waals surface area contributed by atoms with E-state index in [4.69, 9.17) is 0 Å². The number of carbonyl (C=O) groups excluding carboxylic acids is 1. The number of aromatic nitrogens is 2. The van der Waals surface area contributed by atoms with E-state index in [9.17, 15) is 21.6 Å². The molecular formula is C22H25N5O5S3. The van der Waals surface area contributed by atoms with Gasteiger partial charge in [-0.3, -0.25) is 4.79 Å². The van der Waals surface area contributed by atoms with Gasteiger partial charge in [-0.25, -0.2) is 31.5 Å². The summed E-state index contributed by atoms with van der Waals surface area (Å²) in [6.45, 7) is 3.95. The van der Waals surface area contributed by atoms with Crippen LogP contribution >= 0.6 is 11.3 Å². The Morgan fingerprint density at radius 1 is 1.06 bits per heavy atom. The van der Waals surface area contributed by atoms with Gasteiger partial charge in [0.1, 0.15) is 4.21 Å². The van der Waals surface area contributed by atoms with Crippen LogP contribution in [0.4, 0.5) is 11.6 Å². The van der Waals surface area contributed by atoms with Crippen LogP contribution in [-0.2, 0) is 24.8 Å². The van der Waals surface area contributed by atoms with Crippen LogP contribution in [0, 0.1) is 19.8 Å².